The maximum absolute atomic E-state index is 12.7. The van der Waals surface area contributed by atoms with Gasteiger partial charge in [-0.05, 0) is 30.7 Å². The number of nitrogens with one attached hydrogen (secondary N) is 1. The summed E-state index contributed by atoms with van der Waals surface area (Å²) < 4.78 is 29.8. The van der Waals surface area contributed by atoms with E-state index in [1.807, 2.05) is 13.0 Å². The Bertz CT molecular complexity index is 1430. The van der Waals surface area contributed by atoms with E-state index in [-0.39, 0.29) is 22.4 Å². The Labute approximate surface area is 166 Å². The van der Waals surface area contributed by atoms with Gasteiger partial charge < -0.3 is 4.57 Å². The molecule has 0 spiro atoms. The van der Waals surface area contributed by atoms with Crippen molar-refractivity contribution in [3.63, 3.8) is 0 Å². The molecular formula is C20H18N4O4S. The smallest absolute Gasteiger partial charge is 0.281 e. The summed E-state index contributed by atoms with van der Waals surface area (Å²) in [6, 6.07) is 13.6. The van der Waals surface area contributed by atoms with Gasteiger partial charge in [0.25, 0.3) is 11.5 Å². The first-order valence-corrected chi connectivity index (χ1v) is 10.5. The van der Waals surface area contributed by atoms with Gasteiger partial charge in [0.15, 0.2) is 0 Å². The second-order valence-corrected chi connectivity index (χ2v) is 8.57. The summed E-state index contributed by atoms with van der Waals surface area (Å²) in [6.07, 6.45) is 1.59. The molecule has 0 bridgehead atoms. The largest absolute Gasteiger partial charge is 0.324 e. The first-order valence-electron chi connectivity index (χ1n) is 8.82. The SMILES string of the molecule is Cc1cccc(CS(=O)(=O)NC(=O)c2cc3c(=O)n4ccccc4nc3n2C)c1. The molecule has 4 aromatic rings. The zero-order chi connectivity index (χ0) is 20.8. The van der Waals surface area contributed by atoms with Gasteiger partial charge in [0.1, 0.15) is 17.0 Å². The molecule has 0 radical (unpaired) electrons. The van der Waals surface area contributed by atoms with Crippen LogP contribution in [0.25, 0.3) is 16.7 Å². The number of aromatic nitrogens is 3. The highest BCUT2D eigenvalue weighted by molar-refractivity contribution is 7.89. The summed E-state index contributed by atoms with van der Waals surface area (Å²) in [5, 5.41) is 0.234. The molecule has 0 saturated heterocycles. The number of benzene rings is 1. The van der Waals surface area contributed by atoms with Gasteiger partial charge in [-0.2, -0.15) is 0 Å². The van der Waals surface area contributed by atoms with Crippen LogP contribution >= 0.6 is 0 Å². The van der Waals surface area contributed by atoms with Crippen molar-refractivity contribution in [1.82, 2.24) is 18.7 Å². The maximum atomic E-state index is 12.7. The number of pyridine rings is 1. The maximum Gasteiger partial charge on any atom is 0.281 e. The lowest BCUT2D eigenvalue weighted by molar-refractivity contribution is 0.0974. The summed E-state index contributed by atoms with van der Waals surface area (Å²) in [7, 11) is -2.35. The summed E-state index contributed by atoms with van der Waals surface area (Å²) in [4.78, 5) is 29.8. The Hall–Kier alpha value is -3.46. The summed E-state index contributed by atoms with van der Waals surface area (Å²) in [5.74, 6) is -1.14. The molecule has 29 heavy (non-hydrogen) atoms. The van der Waals surface area contributed by atoms with Crippen molar-refractivity contribution in [3.8, 4) is 0 Å². The van der Waals surface area contributed by atoms with Gasteiger partial charge in [-0.1, -0.05) is 35.9 Å². The topological polar surface area (TPSA) is 103 Å². The zero-order valence-corrected chi connectivity index (χ0v) is 16.6. The first kappa shape index (κ1) is 18.9. The molecule has 1 amide bonds. The minimum Gasteiger partial charge on any atom is -0.324 e. The van der Waals surface area contributed by atoms with Crippen LogP contribution in [0, 0.1) is 6.92 Å². The third-order valence-corrected chi connectivity index (χ3v) is 5.84. The standard InChI is InChI=1S/C20H18N4O4S/c1-13-6-5-7-14(10-13)12-29(27,28)22-19(25)16-11-15-18(23(16)2)21-17-8-3-4-9-24(17)20(15)26/h3-11H,12H2,1-2H3,(H,22,25). The fourth-order valence-electron chi connectivity index (χ4n) is 3.29. The number of nitrogens with zero attached hydrogens (tertiary/aromatic N) is 3. The highest BCUT2D eigenvalue weighted by atomic mass is 32.2. The Balaban J connectivity index is 1.70. The molecular weight excluding hydrogens is 392 g/mol. The second-order valence-electron chi connectivity index (χ2n) is 6.85. The van der Waals surface area contributed by atoms with Crippen LogP contribution in [0.15, 0.2) is 59.5 Å². The normalized spacial score (nSPS) is 11.8. The van der Waals surface area contributed by atoms with Crippen molar-refractivity contribution < 1.29 is 13.2 Å². The second kappa shape index (κ2) is 6.85. The molecule has 0 aliphatic heterocycles. The number of hydrogen-bond donors (Lipinski definition) is 1. The number of carbonyl (C=O) groups is 1. The van der Waals surface area contributed by atoms with E-state index in [0.717, 1.165) is 5.56 Å². The lowest BCUT2D eigenvalue weighted by Crippen LogP contribution is -2.32. The predicted octanol–water partition coefficient (Wildman–Crippen LogP) is 1.75. The Kier molecular flexibility index (Phi) is 4.46. The van der Waals surface area contributed by atoms with Crippen molar-refractivity contribution in [2.45, 2.75) is 12.7 Å². The average molecular weight is 410 g/mol. The van der Waals surface area contributed by atoms with E-state index in [1.54, 1.807) is 49.6 Å². The number of aryl methyl sites for hydroxylation is 2. The van der Waals surface area contributed by atoms with Crippen LogP contribution in [-0.4, -0.2) is 28.3 Å². The lowest BCUT2D eigenvalue weighted by atomic mass is 10.2. The average Bonchev–Trinajstić information content (AvgIpc) is 2.98. The van der Waals surface area contributed by atoms with Gasteiger partial charge in [-0.15, -0.1) is 0 Å². The molecule has 0 atom stereocenters. The van der Waals surface area contributed by atoms with E-state index in [9.17, 15) is 18.0 Å². The van der Waals surface area contributed by atoms with E-state index in [4.69, 9.17) is 0 Å². The monoisotopic (exact) mass is 410 g/mol. The van der Waals surface area contributed by atoms with Crippen LogP contribution in [0.2, 0.25) is 0 Å². The molecule has 0 saturated carbocycles. The van der Waals surface area contributed by atoms with Crippen molar-refractivity contribution in [2.24, 2.45) is 7.05 Å². The highest BCUT2D eigenvalue weighted by Gasteiger charge is 2.22. The van der Waals surface area contributed by atoms with E-state index >= 15 is 0 Å². The molecule has 1 N–H and O–H groups in total. The van der Waals surface area contributed by atoms with Crippen LogP contribution in [0.5, 0.6) is 0 Å². The summed E-state index contributed by atoms with van der Waals surface area (Å²) in [6.45, 7) is 1.86. The molecule has 3 aromatic heterocycles. The van der Waals surface area contributed by atoms with Crippen LogP contribution in [0.1, 0.15) is 21.6 Å². The van der Waals surface area contributed by atoms with E-state index in [2.05, 4.69) is 9.71 Å². The van der Waals surface area contributed by atoms with Crippen molar-refractivity contribution in [3.05, 3.63) is 81.9 Å². The van der Waals surface area contributed by atoms with E-state index in [1.165, 1.54) is 15.0 Å². The van der Waals surface area contributed by atoms with Crippen LogP contribution < -0.4 is 10.3 Å². The zero-order valence-electron chi connectivity index (χ0n) is 15.8. The molecule has 4 rings (SSSR count). The van der Waals surface area contributed by atoms with Crippen molar-refractivity contribution in [1.29, 1.82) is 0 Å². The van der Waals surface area contributed by atoms with Crippen molar-refractivity contribution in [2.75, 3.05) is 0 Å². The Morgan fingerprint density at radius 3 is 2.69 bits per heavy atom. The quantitative estimate of drug-likeness (QED) is 0.552. The van der Waals surface area contributed by atoms with Crippen molar-refractivity contribution >= 4 is 32.6 Å². The molecule has 0 fully saturated rings. The first-order chi connectivity index (χ1) is 13.7. The molecule has 0 aliphatic rings. The van der Waals surface area contributed by atoms with Gasteiger partial charge >= 0.3 is 0 Å². The number of carbonyl (C=O) groups excluding carboxylic acids is 1. The fraction of sp³-hybridized carbons (Fsp3) is 0.150. The van der Waals surface area contributed by atoms with Gasteiger partial charge in [-0.3, -0.25) is 14.0 Å². The predicted molar refractivity (Wildman–Crippen MR) is 109 cm³/mol. The van der Waals surface area contributed by atoms with Crippen LogP contribution in [0.4, 0.5) is 0 Å². The molecule has 0 unspecified atom stereocenters. The molecule has 3 heterocycles. The molecule has 0 aliphatic carbocycles. The molecule has 8 nitrogen and oxygen atoms in total. The van der Waals surface area contributed by atoms with Crippen LogP contribution in [0.3, 0.4) is 0 Å². The highest BCUT2D eigenvalue weighted by Crippen LogP contribution is 2.15. The van der Waals surface area contributed by atoms with Crippen LogP contribution in [-0.2, 0) is 22.8 Å². The van der Waals surface area contributed by atoms with Gasteiger partial charge in [0.05, 0.1) is 11.1 Å². The third kappa shape index (κ3) is 3.52. The summed E-state index contributed by atoms with van der Waals surface area (Å²) in [5.41, 5.74) is 1.95. The lowest BCUT2D eigenvalue weighted by Gasteiger charge is -2.08. The summed E-state index contributed by atoms with van der Waals surface area (Å²) >= 11 is 0. The minimum absolute atomic E-state index is 0.0355. The number of rotatable bonds is 4. The molecule has 1 aromatic carbocycles. The third-order valence-electron chi connectivity index (χ3n) is 4.63. The fourth-order valence-corrected chi connectivity index (χ4v) is 4.37. The Morgan fingerprint density at radius 2 is 1.93 bits per heavy atom. The molecule has 148 valence electrons. The van der Waals surface area contributed by atoms with Gasteiger partial charge in [-0.25, -0.2) is 18.1 Å². The molecule has 9 heteroatoms. The van der Waals surface area contributed by atoms with E-state index < -0.39 is 15.9 Å². The van der Waals surface area contributed by atoms with Gasteiger partial charge in [0, 0.05) is 13.2 Å². The number of amides is 1. The Morgan fingerprint density at radius 1 is 1.14 bits per heavy atom. The minimum atomic E-state index is -3.92. The number of hydrogen-bond acceptors (Lipinski definition) is 5. The van der Waals surface area contributed by atoms with E-state index in [0.29, 0.717) is 16.9 Å². The van der Waals surface area contributed by atoms with Gasteiger partial charge in [0.2, 0.25) is 10.0 Å². The number of sulfonamides is 1. The number of fused-ring (bicyclic) bond motifs is 2.